The van der Waals surface area contributed by atoms with Crippen molar-refractivity contribution in [3.05, 3.63) is 110 Å². The van der Waals surface area contributed by atoms with Gasteiger partial charge in [-0.3, -0.25) is 9.59 Å². The van der Waals surface area contributed by atoms with Crippen molar-refractivity contribution in [3.63, 3.8) is 0 Å². The van der Waals surface area contributed by atoms with Crippen LogP contribution >= 0.6 is 22.6 Å². The van der Waals surface area contributed by atoms with E-state index in [-0.39, 0.29) is 114 Å². The van der Waals surface area contributed by atoms with Gasteiger partial charge in [-0.25, -0.2) is 0 Å². The van der Waals surface area contributed by atoms with Gasteiger partial charge in [-0.15, -0.1) is 0 Å². The van der Waals surface area contributed by atoms with Gasteiger partial charge in [-0.2, -0.15) is 0 Å². The third-order valence-electron chi connectivity index (χ3n) is 7.90. The van der Waals surface area contributed by atoms with Crippen LogP contribution in [0.15, 0.2) is 84.4 Å². The molecule has 0 radical (unpaired) electrons. The quantitative estimate of drug-likeness (QED) is 0.0453. The number of ether oxygens (including phenoxy) is 5. The average Bonchev–Trinajstić information content (AvgIpc) is 3.59. The molecule has 52 heavy (non-hydrogen) atoms. The smallest absolute Gasteiger partial charge is 0.872 e. The molecule has 1 amide bonds. The zero-order chi connectivity index (χ0) is 35.6. The number of ketones is 1. The third kappa shape index (κ3) is 11.1. The van der Waals surface area contributed by atoms with Crippen molar-refractivity contribution in [2.75, 3.05) is 34.2 Å². The Kier molecular flexibility index (Phi) is 17.3. The van der Waals surface area contributed by atoms with Crippen molar-refractivity contribution in [1.29, 1.82) is 0 Å². The van der Waals surface area contributed by atoms with Gasteiger partial charge in [-0.05, 0) is 82.5 Å². The van der Waals surface area contributed by atoms with Crippen LogP contribution in [0.1, 0.15) is 39.9 Å². The van der Waals surface area contributed by atoms with Crippen LogP contribution in [0, 0.1) is 3.57 Å². The first-order valence-corrected chi connectivity index (χ1v) is 16.8. The van der Waals surface area contributed by atoms with Gasteiger partial charge < -0.3 is 44.0 Å². The molecule has 1 aliphatic rings. The fourth-order valence-corrected chi connectivity index (χ4v) is 6.04. The predicted octanol–water partition coefficient (Wildman–Crippen LogP) is -1.73. The molecular weight excluding hydrogens is 803 g/mol. The van der Waals surface area contributed by atoms with Crippen LogP contribution in [0.2, 0.25) is 0 Å². The fraction of sp³-hybridized carbons (Fsp3) is 0.237. The summed E-state index contributed by atoms with van der Waals surface area (Å²) in [5.41, 5.74) is 1.67. The number of benzene rings is 4. The molecule has 0 spiro atoms. The molecule has 4 aromatic carbocycles. The van der Waals surface area contributed by atoms with Gasteiger partial charge >= 0.3 is 59.1 Å². The summed E-state index contributed by atoms with van der Waals surface area (Å²) in [5, 5.41) is 27.2. The molecule has 14 heteroatoms. The summed E-state index contributed by atoms with van der Waals surface area (Å²) in [7, 11) is 2.92. The van der Waals surface area contributed by atoms with Crippen molar-refractivity contribution in [2.45, 2.75) is 25.7 Å². The molecule has 11 nitrogen and oxygen atoms in total. The van der Waals surface area contributed by atoms with Gasteiger partial charge in [0, 0.05) is 39.7 Å². The molecule has 1 aliphatic heterocycles. The molecule has 1 heterocycles. The van der Waals surface area contributed by atoms with Crippen molar-refractivity contribution in [3.8, 4) is 34.5 Å². The average molecular weight is 838 g/mol. The largest absolute Gasteiger partial charge is 1.00 e. The van der Waals surface area contributed by atoms with Gasteiger partial charge in [0.2, 0.25) is 18.4 Å². The number of methoxy groups -OCH3 is 2. The van der Waals surface area contributed by atoms with E-state index in [1.807, 2.05) is 28.7 Å². The van der Waals surface area contributed by atoms with E-state index in [1.54, 1.807) is 60.7 Å². The normalized spacial score (nSPS) is 11.7. The number of Topliss-reactive ketones (excluding diaryl/α,β-unsaturated/α-hetero) is 1. The first kappa shape index (κ1) is 43.2. The topological polar surface area (TPSA) is 156 Å². The minimum absolute atomic E-state index is 0. The molecule has 0 aliphatic carbocycles. The Labute approximate surface area is 359 Å². The third-order valence-corrected chi connectivity index (χ3v) is 8.74. The van der Waals surface area contributed by atoms with Gasteiger partial charge in [0.05, 0.1) is 26.8 Å². The molecule has 5 rings (SSSR count). The molecule has 0 aromatic heterocycles. The number of rotatable bonds is 16. The van der Waals surface area contributed by atoms with E-state index in [9.17, 15) is 24.6 Å². The summed E-state index contributed by atoms with van der Waals surface area (Å²) in [6.07, 6.45) is 1.07. The molecular formula is C38H34INNa2O10. The second-order valence-electron chi connectivity index (χ2n) is 11.2. The van der Waals surface area contributed by atoms with Crippen molar-refractivity contribution in [1.82, 2.24) is 5.32 Å². The minimum atomic E-state index is -1.53. The summed E-state index contributed by atoms with van der Waals surface area (Å²) in [6.45, 7) is 0.586. The van der Waals surface area contributed by atoms with E-state index in [2.05, 4.69) is 5.32 Å². The summed E-state index contributed by atoms with van der Waals surface area (Å²) in [6, 6.07) is 21.4. The number of allylic oxidation sites excluding steroid dienone is 1. The van der Waals surface area contributed by atoms with Gasteiger partial charge in [0.25, 0.3) is 0 Å². The van der Waals surface area contributed by atoms with Crippen LogP contribution in [0.5, 0.6) is 34.5 Å². The summed E-state index contributed by atoms with van der Waals surface area (Å²) in [4.78, 5) is 39.2. The van der Waals surface area contributed by atoms with E-state index in [0.717, 1.165) is 5.56 Å². The molecule has 0 saturated heterocycles. The SMILES string of the molecule is COc1cc(C/C(C(=O)c2ccccc2)=C(/C(=O)[O-])c2ccc3c(c2)OCO3)cc(OCCCC(=O)NCCc2ccc([O-])c(I)c2)c1OC.[Na+].[Na+]. The Morgan fingerprint density at radius 3 is 2.27 bits per heavy atom. The number of halogens is 1. The Morgan fingerprint density at radius 2 is 1.58 bits per heavy atom. The number of carbonyl (C=O) groups excluding carboxylic acids is 3. The van der Waals surface area contributed by atoms with Crippen LogP contribution in [0.3, 0.4) is 0 Å². The van der Waals surface area contributed by atoms with E-state index >= 15 is 0 Å². The second kappa shape index (κ2) is 20.9. The summed E-state index contributed by atoms with van der Waals surface area (Å²) < 4.78 is 28.7. The number of fused-ring (bicyclic) bond motifs is 1. The number of nitrogens with one attached hydrogen (secondary N) is 1. The second-order valence-corrected chi connectivity index (χ2v) is 12.4. The zero-order valence-electron chi connectivity index (χ0n) is 29.4. The maximum Gasteiger partial charge on any atom is 1.00 e. The molecule has 1 N–H and O–H groups in total. The molecule has 4 aromatic rings. The van der Waals surface area contributed by atoms with Crippen LogP contribution in [-0.4, -0.2) is 51.8 Å². The van der Waals surface area contributed by atoms with Crippen LogP contribution < -0.4 is 98.3 Å². The van der Waals surface area contributed by atoms with Gasteiger partial charge in [-0.1, -0.05) is 54.3 Å². The molecule has 0 unspecified atom stereocenters. The number of hydrogen-bond acceptors (Lipinski definition) is 10. The first-order chi connectivity index (χ1) is 24.2. The number of hydrogen-bond donors (Lipinski definition) is 1. The summed E-state index contributed by atoms with van der Waals surface area (Å²) in [5.74, 6) is -0.484. The molecule has 0 atom stereocenters. The zero-order valence-corrected chi connectivity index (χ0v) is 35.6. The van der Waals surface area contributed by atoms with Gasteiger partial charge in [0.1, 0.15) is 0 Å². The van der Waals surface area contributed by atoms with Crippen molar-refractivity contribution in [2.24, 2.45) is 0 Å². The molecule has 0 saturated carbocycles. The van der Waals surface area contributed by atoms with Crippen molar-refractivity contribution < 1.29 is 107 Å². The minimum Gasteiger partial charge on any atom is -0.872 e. The molecule has 0 bridgehead atoms. The van der Waals surface area contributed by atoms with E-state index in [1.165, 1.54) is 26.4 Å². The maximum absolute atomic E-state index is 14.0. The Morgan fingerprint density at radius 1 is 0.846 bits per heavy atom. The number of amides is 1. The van der Waals surface area contributed by atoms with E-state index < -0.39 is 11.8 Å². The number of carboxylic acid groups (broad SMARTS) is 1. The van der Waals surface area contributed by atoms with E-state index in [0.29, 0.717) is 62.8 Å². The standard InChI is InChI=1S/C38H36INO10.2Na/c1-46-32-19-24(20-33(37(32)47-2)48-16-6-9-34(42)40-15-14-23-10-12-29(41)28(39)18-23)17-27(36(43)25-7-4-3-5-8-25)35(38(44)45)26-11-13-30-31(21-26)50-22-49-30;;/h3-5,7-8,10-13,18-21,41H,6,9,14-17,22H2,1-2H3,(H,40,42)(H,44,45);;/q;2*+1/p-2/b35-27-;;. The van der Waals surface area contributed by atoms with Crippen LogP contribution in [0.4, 0.5) is 0 Å². The summed E-state index contributed by atoms with van der Waals surface area (Å²) >= 11 is 2.00. The molecule has 0 fully saturated rings. The predicted molar refractivity (Wildman–Crippen MR) is 189 cm³/mol. The number of carboxylic acids is 1. The van der Waals surface area contributed by atoms with Gasteiger partial charge in [0.15, 0.2) is 28.8 Å². The monoisotopic (exact) mass is 837 g/mol. The fourth-order valence-electron chi connectivity index (χ4n) is 5.46. The van der Waals surface area contributed by atoms with E-state index in [4.69, 9.17) is 23.7 Å². The number of aliphatic carboxylic acids is 1. The van der Waals surface area contributed by atoms with Crippen LogP contribution in [-0.2, 0) is 22.4 Å². The Bertz CT molecular complexity index is 1920. The van der Waals surface area contributed by atoms with Crippen LogP contribution in [0.25, 0.3) is 5.57 Å². The Balaban J connectivity index is 0.00000364. The first-order valence-electron chi connectivity index (χ1n) is 15.7. The van der Waals surface area contributed by atoms with Crippen molar-refractivity contribution >= 4 is 45.8 Å². The maximum atomic E-state index is 14.0. The Hall–Kier alpha value is -3.24. The molecule has 260 valence electrons. The number of carbonyl (C=O) groups is 3.